The Kier molecular flexibility index (Phi) is 5.94. The van der Waals surface area contributed by atoms with Gasteiger partial charge in [-0.1, -0.05) is 18.2 Å². The summed E-state index contributed by atoms with van der Waals surface area (Å²) in [6, 6.07) is 14.7. The lowest BCUT2D eigenvalue weighted by molar-refractivity contribution is 0.0945. The van der Waals surface area contributed by atoms with Crippen LogP contribution in [-0.4, -0.2) is 27.0 Å². The highest BCUT2D eigenvalue weighted by Crippen LogP contribution is 2.27. The first-order chi connectivity index (χ1) is 13.1. The number of nitrogens with one attached hydrogen (secondary N) is 2. The van der Waals surface area contributed by atoms with Gasteiger partial charge in [-0.3, -0.25) is 9.78 Å². The van der Waals surface area contributed by atoms with Crippen molar-refractivity contribution in [2.75, 3.05) is 5.32 Å². The van der Waals surface area contributed by atoms with Crippen LogP contribution < -0.4 is 15.4 Å². The number of hydrogen-bond acceptors (Lipinski definition) is 6. The van der Waals surface area contributed by atoms with Crippen molar-refractivity contribution in [3.8, 4) is 5.75 Å². The van der Waals surface area contributed by atoms with Crippen molar-refractivity contribution >= 4 is 17.4 Å². The van der Waals surface area contributed by atoms with E-state index < -0.39 is 0 Å². The highest BCUT2D eigenvalue weighted by molar-refractivity contribution is 5.92. The molecule has 0 fully saturated rings. The Morgan fingerprint density at radius 2 is 1.89 bits per heavy atom. The molecule has 0 aliphatic rings. The third-order valence-corrected chi connectivity index (χ3v) is 3.57. The fraction of sp³-hybridized carbons (Fsp3) is 0.200. The number of anilines is 2. The molecule has 0 aliphatic heterocycles. The zero-order valence-electron chi connectivity index (χ0n) is 15.2. The molecule has 0 unspecified atom stereocenters. The third kappa shape index (κ3) is 5.24. The fourth-order valence-electron chi connectivity index (χ4n) is 2.38. The molecule has 3 rings (SSSR count). The van der Waals surface area contributed by atoms with Crippen molar-refractivity contribution in [3.05, 3.63) is 72.4 Å². The maximum absolute atomic E-state index is 12.4. The van der Waals surface area contributed by atoms with Crippen LogP contribution >= 0.6 is 0 Å². The third-order valence-electron chi connectivity index (χ3n) is 3.57. The van der Waals surface area contributed by atoms with Crippen molar-refractivity contribution in [3.63, 3.8) is 0 Å². The minimum Gasteiger partial charge on any atom is -0.489 e. The van der Waals surface area contributed by atoms with Gasteiger partial charge in [0.15, 0.2) is 0 Å². The fourth-order valence-corrected chi connectivity index (χ4v) is 2.38. The second-order valence-corrected chi connectivity index (χ2v) is 6.08. The highest BCUT2D eigenvalue weighted by Gasteiger charge is 2.11. The van der Waals surface area contributed by atoms with Gasteiger partial charge in [-0.25, -0.2) is 9.97 Å². The van der Waals surface area contributed by atoms with E-state index in [0.29, 0.717) is 18.1 Å². The number of carbonyl (C=O) groups excluding carboxylic acids is 1. The Hall–Kier alpha value is -3.48. The molecule has 7 heteroatoms. The van der Waals surface area contributed by atoms with Gasteiger partial charge in [0.25, 0.3) is 5.91 Å². The second kappa shape index (κ2) is 8.75. The summed E-state index contributed by atoms with van der Waals surface area (Å²) in [7, 11) is 0. The van der Waals surface area contributed by atoms with Gasteiger partial charge in [0, 0.05) is 12.3 Å². The van der Waals surface area contributed by atoms with Gasteiger partial charge >= 0.3 is 0 Å². The Morgan fingerprint density at radius 3 is 2.67 bits per heavy atom. The smallest absolute Gasteiger partial charge is 0.270 e. The topological polar surface area (TPSA) is 89.0 Å². The molecule has 0 saturated carbocycles. The van der Waals surface area contributed by atoms with Crippen LogP contribution in [0.4, 0.5) is 11.5 Å². The molecule has 27 heavy (non-hydrogen) atoms. The molecule has 3 aromatic rings. The number of aromatic nitrogens is 3. The van der Waals surface area contributed by atoms with Gasteiger partial charge in [0.1, 0.15) is 23.6 Å². The van der Waals surface area contributed by atoms with E-state index in [1.807, 2.05) is 56.3 Å². The molecule has 138 valence electrons. The van der Waals surface area contributed by atoms with Crippen LogP contribution in [0.5, 0.6) is 5.75 Å². The minimum absolute atomic E-state index is 0.0475. The number of pyridine rings is 1. The molecule has 7 nitrogen and oxygen atoms in total. The summed E-state index contributed by atoms with van der Waals surface area (Å²) in [5.41, 5.74) is 1.81. The number of hydrogen-bond donors (Lipinski definition) is 2. The first-order valence-corrected chi connectivity index (χ1v) is 8.64. The van der Waals surface area contributed by atoms with Gasteiger partial charge in [-0.2, -0.15) is 0 Å². The van der Waals surface area contributed by atoms with Crippen molar-refractivity contribution in [2.24, 2.45) is 0 Å². The van der Waals surface area contributed by atoms with E-state index in [9.17, 15) is 4.79 Å². The molecule has 1 aromatic carbocycles. The van der Waals surface area contributed by atoms with Crippen LogP contribution in [0, 0.1) is 0 Å². The number of carbonyl (C=O) groups is 1. The molecule has 0 saturated heterocycles. The summed E-state index contributed by atoms with van der Waals surface area (Å²) >= 11 is 0. The zero-order chi connectivity index (χ0) is 19.1. The summed E-state index contributed by atoms with van der Waals surface area (Å²) in [4.78, 5) is 24.8. The molecule has 2 aromatic heterocycles. The van der Waals surface area contributed by atoms with Crippen LogP contribution in [0.2, 0.25) is 0 Å². The van der Waals surface area contributed by atoms with Crippen LogP contribution in [0.3, 0.4) is 0 Å². The van der Waals surface area contributed by atoms with E-state index >= 15 is 0 Å². The average Bonchev–Trinajstić information content (AvgIpc) is 2.68. The summed E-state index contributed by atoms with van der Waals surface area (Å²) in [6.45, 7) is 4.26. The standard InChI is InChI=1S/C20H21N5O2/c1-14(2)27-18-9-4-3-8-16(18)25-19-11-17(23-13-24-19)20(26)22-12-15-7-5-6-10-21-15/h3-11,13-14H,12H2,1-2H3,(H,22,26)(H,23,24,25). The Balaban J connectivity index is 1.69. The van der Waals surface area contributed by atoms with Crippen molar-refractivity contribution in [1.29, 1.82) is 0 Å². The predicted octanol–water partition coefficient (Wildman–Crippen LogP) is 3.33. The van der Waals surface area contributed by atoms with E-state index in [0.717, 1.165) is 11.4 Å². The molecular weight excluding hydrogens is 342 g/mol. The summed E-state index contributed by atoms with van der Waals surface area (Å²) in [6.07, 6.45) is 3.08. The van der Waals surface area contributed by atoms with Gasteiger partial charge in [-0.15, -0.1) is 0 Å². The Labute approximate surface area is 157 Å². The molecule has 1 amide bonds. The van der Waals surface area contributed by atoms with Crippen LogP contribution in [0.15, 0.2) is 61.1 Å². The van der Waals surface area contributed by atoms with Crippen LogP contribution in [-0.2, 0) is 6.54 Å². The normalized spacial score (nSPS) is 10.5. The largest absolute Gasteiger partial charge is 0.489 e. The first-order valence-electron chi connectivity index (χ1n) is 8.64. The quantitative estimate of drug-likeness (QED) is 0.669. The van der Waals surface area contributed by atoms with Crippen molar-refractivity contribution in [1.82, 2.24) is 20.3 Å². The monoisotopic (exact) mass is 363 g/mol. The van der Waals surface area contributed by atoms with E-state index in [4.69, 9.17) is 4.74 Å². The molecule has 0 aliphatic carbocycles. The predicted molar refractivity (Wildman–Crippen MR) is 103 cm³/mol. The maximum Gasteiger partial charge on any atom is 0.270 e. The number of rotatable bonds is 7. The lowest BCUT2D eigenvalue weighted by Crippen LogP contribution is -2.24. The van der Waals surface area contributed by atoms with Crippen molar-refractivity contribution < 1.29 is 9.53 Å². The van der Waals surface area contributed by atoms with E-state index in [1.54, 1.807) is 12.3 Å². The highest BCUT2D eigenvalue weighted by atomic mass is 16.5. The second-order valence-electron chi connectivity index (χ2n) is 6.08. The first kappa shape index (κ1) is 18.3. The molecule has 0 atom stereocenters. The average molecular weight is 363 g/mol. The molecule has 0 radical (unpaired) electrons. The molecule has 0 spiro atoms. The maximum atomic E-state index is 12.4. The Morgan fingerprint density at radius 1 is 1.07 bits per heavy atom. The van der Waals surface area contributed by atoms with E-state index in [1.165, 1.54) is 6.33 Å². The number of para-hydroxylation sites is 2. The Bertz CT molecular complexity index is 900. The van der Waals surface area contributed by atoms with Crippen LogP contribution in [0.1, 0.15) is 30.0 Å². The number of amides is 1. The number of ether oxygens (including phenoxy) is 1. The lowest BCUT2D eigenvalue weighted by atomic mass is 10.2. The van der Waals surface area contributed by atoms with E-state index in [2.05, 4.69) is 25.6 Å². The summed E-state index contributed by atoms with van der Waals surface area (Å²) in [5, 5.41) is 5.98. The summed E-state index contributed by atoms with van der Waals surface area (Å²) in [5.74, 6) is 0.929. The van der Waals surface area contributed by atoms with Gasteiger partial charge in [0.2, 0.25) is 0 Å². The lowest BCUT2D eigenvalue weighted by Gasteiger charge is -2.15. The van der Waals surface area contributed by atoms with E-state index in [-0.39, 0.29) is 17.7 Å². The molecular formula is C20H21N5O2. The molecule has 2 heterocycles. The number of benzene rings is 1. The van der Waals surface area contributed by atoms with Gasteiger partial charge in [-0.05, 0) is 38.1 Å². The zero-order valence-corrected chi connectivity index (χ0v) is 15.2. The van der Waals surface area contributed by atoms with Gasteiger partial charge < -0.3 is 15.4 Å². The SMILES string of the molecule is CC(C)Oc1ccccc1Nc1cc(C(=O)NCc2ccccn2)ncn1. The van der Waals surface area contributed by atoms with Crippen molar-refractivity contribution in [2.45, 2.75) is 26.5 Å². The van der Waals surface area contributed by atoms with Gasteiger partial charge in [0.05, 0.1) is 24.0 Å². The summed E-state index contributed by atoms with van der Waals surface area (Å²) < 4.78 is 5.79. The molecule has 2 N–H and O–H groups in total. The minimum atomic E-state index is -0.294. The number of nitrogens with zero attached hydrogens (tertiary/aromatic N) is 3. The van der Waals surface area contributed by atoms with Crippen LogP contribution in [0.25, 0.3) is 0 Å². The molecule has 0 bridgehead atoms.